The highest BCUT2D eigenvalue weighted by Crippen LogP contribution is 2.00. The van der Waals surface area contributed by atoms with Crippen molar-refractivity contribution >= 4 is 5.91 Å². The van der Waals surface area contributed by atoms with Crippen LogP contribution in [-0.2, 0) is 11.3 Å². The number of hydrogen-bond donors (Lipinski definition) is 1. The second-order valence-electron chi connectivity index (χ2n) is 3.99. The lowest BCUT2D eigenvalue weighted by Gasteiger charge is -2.17. The first-order chi connectivity index (χ1) is 7.54. The zero-order valence-corrected chi connectivity index (χ0v) is 9.64. The van der Waals surface area contributed by atoms with E-state index in [0.29, 0.717) is 5.92 Å². The van der Waals surface area contributed by atoms with E-state index >= 15 is 0 Å². The second-order valence-corrected chi connectivity index (χ2v) is 3.99. The van der Waals surface area contributed by atoms with E-state index in [2.05, 4.69) is 15.5 Å². The molecule has 0 aliphatic carbocycles. The summed E-state index contributed by atoms with van der Waals surface area (Å²) < 4.78 is 1.42. The summed E-state index contributed by atoms with van der Waals surface area (Å²) in [6.45, 7) is 6.09. The van der Waals surface area contributed by atoms with Crippen LogP contribution >= 0.6 is 0 Å². The number of rotatable bonds is 4. The lowest BCUT2D eigenvalue weighted by Crippen LogP contribution is -2.38. The molecule has 0 aliphatic rings. The van der Waals surface area contributed by atoms with Crippen molar-refractivity contribution in [2.75, 3.05) is 0 Å². The topological polar surface area (TPSA) is 83.6 Å². The van der Waals surface area contributed by atoms with Crippen LogP contribution in [0.15, 0.2) is 6.33 Å². The number of carbonyl (C=O) groups excluding carboxylic acids is 1. The van der Waals surface area contributed by atoms with Gasteiger partial charge >= 0.3 is 0 Å². The zero-order chi connectivity index (χ0) is 12.1. The Hall–Kier alpha value is -1.90. The van der Waals surface area contributed by atoms with Gasteiger partial charge < -0.3 is 5.32 Å². The molecule has 6 nitrogen and oxygen atoms in total. The average molecular weight is 221 g/mol. The lowest BCUT2D eigenvalue weighted by atomic mass is 10.1. The van der Waals surface area contributed by atoms with Gasteiger partial charge in [-0.1, -0.05) is 13.8 Å². The smallest absolute Gasteiger partial charge is 0.240 e. The molecule has 1 N–H and O–H groups in total. The Morgan fingerprint density at radius 1 is 1.62 bits per heavy atom. The number of nitriles is 1. The van der Waals surface area contributed by atoms with Crippen molar-refractivity contribution in [1.82, 2.24) is 20.1 Å². The number of carbonyl (C=O) groups is 1. The van der Waals surface area contributed by atoms with E-state index in [-0.39, 0.29) is 24.3 Å². The Bertz CT molecular complexity index is 404. The van der Waals surface area contributed by atoms with Gasteiger partial charge in [-0.05, 0) is 12.8 Å². The fourth-order valence-electron chi connectivity index (χ4n) is 1.08. The Morgan fingerprint density at radius 3 is 2.88 bits per heavy atom. The average Bonchev–Trinajstić information content (AvgIpc) is 2.64. The van der Waals surface area contributed by atoms with Gasteiger partial charge in [0, 0.05) is 6.04 Å². The van der Waals surface area contributed by atoms with Gasteiger partial charge in [-0.2, -0.15) is 5.26 Å². The third-order valence-electron chi connectivity index (χ3n) is 2.42. The van der Waals surface area contributed by atoms with Crippen molar-refractivity contribution in [3.63, 3.8) is 0 Å². The predicted octanol–water partition coefficient (Wildman–Crippen LogP) is 0.310. The third kappa shape index (κ3) is 3.05. The number of aromatic nitrogens is 3. The summed E-state index contributed by atoms with van der Waals surface area (Å²) in [6.07, 6.45) is 1.37. The Kier molecular flexibility index (Phi) is 4.00. The monoisotopic (exact) mass is 221 g/mol. The van der Waals surface area contributed by atoms with Crippen LogP contribution in [0, 0.1) is 17.2 Å². The maximum atomic E-state index is 11.6. The highest BCUT2D eigenvalue weighted by Gasteiger charge is 2.12. The van der Waals surface area contributed by atoms with Gasteiger partial charge in [-0.3, -0.25) is 9.36 Å². The molecular weight excluding hydrogens is 206 g/mol. The normalized spacial score (nSPS) is 12.2. The molecule has 0 fully saturated rings. The molecular formula is C10H15N5O. The zero-order valence-electron chi connectivity index (χ0n) is 9.64. The summed E-state index contributed by atoms with van der Waals surface area (Å²) in [7, 11) is 0. The van der Waals surface area contributed by atoms with Crippen molar-refractivity contribution in [2.45, 2.75) is 33.4 Å². The summed E-state index contributed by atoms with van der Waals surface area (Å²) in [6, 6.07) is 1.97. The standard InChI is InChI=1S/C10H15N5O/c1-7(2)8(3)13-10(16)5-15-6-12-14-9(15)4-11/h6-8H,5H2,1-3H3,(H,13,16). The van der Waals surface area contributed by atoms with Gasteiger partial charge in [0.15, 0.2) is 0 Å². The number of amides is 1. The quantitative estimate of drug-likeness (QED) is 0.793. The predicted molar refractivity (Wildman–Crippen MR) is 57.2 cm³/mol. The summed E-state index contributed by atoms with van der Waals surface area (Å²) >= 11 is 0. The molecule has 1 unspecified atom stereocenters. The summed E-state index contributed by atoms with van der Waals surface area (Å²) in [5, 5.41) is 18.7. The van der Waals surface area contributed by atoms with Crippen molar-refractivity contribution in [2.24, 2.45) is 5.92 Å². The first-order valence-corrected chi connectivity index (χ1v) is 5.12. The lowest BCUT2D eigenvalue weighted by molar-refractivity contribution is -0.122. The molecule has 0 saturated carbocycles. The molecule has 6 heteroatoms. The highest BCUT2D eigenvalue weighted by molar-refractivity contribution is 5.76. The molecule has 0 aromatic carbocycles. The third-order valence-corrected chi connectivity index (χ3v) is 2.42. The Labute approximate surface area is 94.3 Å². The van der Waals surface area contributed by atoms with Crippen LogP contribution in [0.3, 0.4) is 0 Å². The number of nitrogens with zero attached hydrogens (tertiary/aromatic N) is 4. The van der Waals surface area contributed by atoms with Crippen LogP contribution in [0.4, 0.5) is 0 Å². The maximum absolute atomic E-state index is 11.6. The van der Waals surface area contributed by atoms with Crippen molar-refractivity contribution < 1.29 is 4.79 Å². The van der Waals surface area contributed by atoms with Gasteiger partial charge in [0.25, 0.3) is 0 Å². The molecule has 16 heavy (non-hydrogen) atoms. The van der Waals surface area contributed by atoms with Crippen molar-refractivity contribution in [3.05, 3.63) is 12.2 Å². The van der Waals surface area contributed by atoms with Crippen LogP contribution in [0.2, 0.25) is 0 Å². The first kappa shape index (κ1) is 12.2. The van der Waals surface area contributed by atoms with Crippen LogP contribution in [0.5, 0.6) is 0 Å². The molecule has 0 saturated heterocycles. The van der Waals surface area contributed by atoms with Crippen molar-refractivity contribution in [3.8, 4) is 6.07 Å². The minimum atomic E-state index is -0.141. The molecule has 1 aromatic heterocycles. The molecule has 1 amide bonds. The fraction of sp³-hybridized carbons (Fsp3) is 0.600. The Morgan fingerprint density at radius 2 is 2.31 bits per heavy atom. The molecule has 86 valence electrons. The highest BCUT2D eigenvalue weighted by atomic mass is 16.2. The number of nitrogens with one attached hydrogen (secondary N) is 1. The minimum Gasteiger partial charge on any atom is -0.352 e. The van der Waals surface area contributed by atoms with E-state index in [4.69, 9.17) is 5.26 Å². The van der Waals surface area contributed by atoms with E-state index < -0.39 is 0 Å². The molecule has 0 radical (unpaired) electrons. The fourth-order valence-corrected chi connectivity index (χ4v) is 1.08. The van der Waals surface area contributed by atoms with E-state index in [1.54, 1.807) is 0 Å². The number of hydrogen-bond acceptors (Lipinski definition) is 4. The van der Waals surface area contributed by atoms with E-state index in [0.717, 1.165) is 0 Å². The van der Waals surface area contributed by atoms with Gasteiger partial charge in [-0.25, -0.2) is 0 Å². The van der Waals surface area contributed by atoms with Crippen LogP contribution in [-0.4, -0.2) is 26.7 Å². The van der Waals surface area contributed by atoms with Crippen LogP contribution in [0.25, 0.3) is 0 Å². The first-order valence-electron chi connectivity index (χ1n) is 5.12. The molecule has 1 rings (SSSR count). The largest absolute Gasteiger partial charge is 0.352 e. The van der Waals surface area contributed by atoms with Crippen LogP contribution < -0.4 is 5.32 Å². The van der Waals surface area contributed by atoms with E-state index in [1.807, 2.05) is 26.8 Å². The maximum Gasteiger partial charge on any atom is 0.240 e. The molecule has 1 heterocycles. The SMILES string of the molecule is CC(C)C(C)NC(=O)Cn1cnnc1C#N. The van der Waals surface area contributed by atoms with E-state index in [1.165, 1.54) is 10.9 Å². The van der Waals surface area contributed by atoms with E-state index in [9.17, 15) is 4.79 Å². The molecule has 1 aromatic rings. The van der Waals surface area contributed by atoms with Gasteiger partial charge in [0.2, 0.25) is 11.7 Å². The molecule has 0 aliphatic heterocycles. The Balaban J connectivity index is 2.56. The van der Waals surface area contributed by atoms with Gasteiger partial charge in [0.05, 0.1) is 0 Å². The summed E-state index contributed by atoms with van der Waals surface area (Å²) in [5.41, 5.74) is 0. The molecule has 1 atom stereocenters. The summed E-state index contributed by atoms with van der Waals surface area (Å²) in [5.74, 6) is 0.380. The van der Waals surface area contributed by atoms with Gasteiger partial charge in [0.1, 0.15) is 18.9 Å². The van der Waals surface area contributed by atoms with Crippen molar-refractivity contribution in [1.29, 1.82) is 5.26 Å². The molecule has 0 spiro atoms. The minimum absolute atomic E-state index is 0.0763. The summed E-state index contributed by atoms with van der Waals surface area (Å²) in [4.78, 5) is 11.6. The van der Waals surface area contributed by atoms with Gasteiger partial charge in [-0.15, -0.1) is 10.2 Å². The van der Waals surface area contributed by atoms with Crippen LogP contribution in [0.1, 0.15) is 26.6 Å². The second kappa shape index (κ2) is 5.26. The molecule has 0 bridgehead atoms.